The third kappa shape index (κ3) is 3.21. The Morgan fingerprint density at radius 3 is 2.83 bits per heavy atom. The number of hydrogen-bond donors (Lipinski definition) is 1. The minimum absolute atomic E-state index is 0.444. The molecule has 1 unspecified atom stereocenters. The lowest BCUT2D eigenvalue weighted by Gasteiger charge is -2.22. The lowest BCUT2D eigenvalue weighted by atomic mass is 10.1. The molecule has 0 aliphatic carbocycles. The predicted molar refractivity (Wildman–Crippen MR) is 73.7 cm³/mol. The molecule has 2 rings (SSSR count). The Balaban J connectivity index is 1.94. The lowest BCUT2D eigenvalue weighted by Crippen LogP contribution is -2.27. The fraction of sp³-hybridized carbons (Fsp3) is 0.643. The van der Waals surface area contributed by atoms with E-state index in [2.05, 4.69) is 28.9 Å². The summed E-state index contributed by atoms with van der Waals surface area (Å²) < 4.78 is 0. The summed E-state index contributed by atoms with van der Waals surface area (Å²) >= 11 is 0. The van der Waals surface area contributed by atoms with Gasteiger partial charge < -0.3 is 14.9 Å². The van der Waals surface area contributed by atoms with E-state index in [0.29, 0.717) is 0 Å². The van der Waals surface area contributed by atoms with Gasteiger partial charge >= 0.3 is 0 Å². The molecule has 100 valence electrons. The van der Waals surface area contributed by atoms with Crippen LogP contribution < -0.4 is 4.90 Å². The molecule has 0 spiro atoms. The average molecular weight is 249 g/mol. The molecule has 0 radical (unpaired) electrons. The first-order valence-corrected chi connectivity index (χ1v) is 6.60. The number of aromatic nitrogens is 1. The maximum absolute atomic E-state index is 9.45. The van der Waals surface area contributed by atoms with Gasteiger partial charge in [-0.15, -0.1) is 0 Å². The second-order valence-corrected chi connectivity index (χ2v) is 5.42. The van der Waals surface area contributed by atoms with Gasteiger partial charge in [-0.2, -0.15) is 0 Å². The molecule has 1 N–H and O–H groups in total. The van der Waals surface area contributed by atoms with E-state index < -0.39 is 6.10 Å². The molecule has 0 aromatic carbocycles. The van der Waals surface area contributed by atoms with Crippen LogP contribution in [0.1, 0.15) is 25.0 Å². The van der Waals surface area contributed by atoms with Gasteiger partial charge in [-0.25, -0.2) is 4.98 Å². The highest BCUT2D eigenvalue weighted by atomic mass is 16.3. The van der Waals surface area contributed by atoms with Crippen molar-refractivity contribution in [2.75, 3.05) is 38.6 Å². The molecular weight excluding hydrogens is 226 g/mol. The zero-order valence-electron chi connectivity index (χ0n) is 11.5. The van der Waals surface area contributed by atoms with Crippen molar-refractivity contribution in [1.29, 1.82) is 0 Å². The largest absolute Gasteiger partial charge is 0.389 e. The summed E-state index contributed by atoms with van der Waals surface area (Å²) in [5.74, 6) is 1.71. The van der Waals surface area contributed by atoms with E-state index in [4.69, 9.17) is 0 Å². The molecule has 0 saturated carbocycles. The molecule has 4 heteroatoms. The van der Waals surface area contributed by atoms with Gasteiger partial charge in [-0.05, 0) is 44.5 Å². The van der Waals surface area contributed by atoms with E-state index in [1.165, 1.54) is 19.5 Å². The van der Waals surface area contributed by atoms with E-state index in [1.54, 1.807) is 13.1 Å². The Labute approximate surface area is 109 Å². The van der Waals surface area contributed by atoms with Crippen LogP contribution in [0.2, 0.25) is 0 Å². The first-order valence-electron chi connectivity index (χ1n) is 6.60. The molecule has 1 aromatic rings. The van der Waals surface area contributed by atoms with Gasteiger partial charge in [0.1, 0.15) is 5.82 Å². The number of likely N-dealkylation sites (tertiary alicyclic amines) is 1. The first-order chi connectivity index (χ1) is 8.56. The molecule has 1 aliphatic rings. The van der Waals surface area contributed by atoms with Crippen LogP contribution in [-0.4, -0.2) is 48.7 Å². The summed E-state index contributed by atoms with van der Waals surface area (Å²) in [6, 6.07) is 3.94. The fourth-order valence-corrected chi connectivity index (χ4v) is 2.53. The van der Waals surface area contributed by atoms with Crippen LogP contribution in [0.15, 0.2) is 18.3 Å². The molecular formula is C14H23N3O. The molecule has 1 saturated heterocycles. The maximum atomic E-state index is 9.45. The van der Waals surface area contributed by atoms with Gasteiger partial charge in [0.15, 0.2) is 0 Å². The second-order valence-electron chi connectivity index (χ2n) is 5.42. The number of hydrogen-bond acceptors (Lipinski definition) is 4. The average Bonchev–Trinajstić information content (AvgIpc) is 2.75. The van der Waals surface area contributed by atoms with E-state index in [-0.39, 0.29) is 0 Å². The molecule has 2 heterocycles. The van der Waals surface area contributed by atoms with Crippen molar-refractivity contribution in [3.05, 3.63) is 23.9 Å². The quantitative estimate of drug-likeness (QED) is 0.878. The molecule has 1 aromatic heterocycles. The number of nitrogens with zero attached hydrogens (tertiary/aromatic N) is 3. The van der Waals surface area contributed by atoms with Gasteiger partial charge in [0.2, 0.25) is 0 Å². The molecule has 0 bridgehead atoms. The van der Waals surface area contributed by atoms with Crippen LogP contribution in [0.5, 0.6) is 0 Å². The summed E-state index contributed by atoms with van der Waals surface area (Å²) in [7, 11) is 4.26. The Bertz CT molecular complexity index is 377. The summed E-state index contributed by atoms with van der Waals surface area (Å²) in [6.45, 7) is 5.18. The van der Waals surface area contributed by atoms with Gasteiger partial charge in [0.25, 0.3) is 0 Å². The number of pyridine rings is 1. The number of aliphatic hydroxyl groups excluding tert-OH is 1. The Hall–Kier alpha value is -1.13. The van der Waals surface area contributed by atoms with Crippen molar-refractivity contribution in [1.82, 2.24) is 9.88 Å². The van der Waals surface area contributed by atoms with E-state index in [9.17, 15) is 5.11 Å². The summed E-state index contributed by atoms with van der Waals surface area (Å²) in [6.07, 6.45) is 2.59. The molecule has 18 heavy (non-hydrogen) atoms. The molecule has 1 aliphatic heterocycles. The van der Waals surface area contributed by atoms with Crippen molar-refractivity contribution in [2.45, 2.75) is 19.4 Å². The lowest BCUT2D eigenvalue weighted by molar-refractivity contribution is 0.199. The smallest absolute Gasteiger partial charge is 0.128 e. The van der Waals surface area contributed by atoms with Gasteiger partial charge in [0, 0.05) is 26.3 Å². The fourth-order valence-electron chi connectivity index (χ4n) is 2.53. The minimum Gasteiger partial charge on any atom is -0.389 e. The van der Waals surface area contributed by atoms with Crippen molar-refractivity contribution in [2.24, 2.45) is 5.92 Å². The highest BCUT2D eigenvalue weighted by Crippen LogP contribution is 2.19. The van der Waals surface area contributed by atoms with Crippen LogP contribution >= 0.6 is 0 Å². The maximum Gasteiger partial charge on any atom is 0.128 e. The standard InChI is InChI=1S/C14H23N3O/c1-11(18)13-4-5-14(15-8-13)17(3)10-12-6-7-16(2)9-12/h4-5,8,11-12,18H,6-7,9-10H2,1-3H3/t11-,12?/m1/s1. The van der Waals surface area contributed by atoms with Crippen LogP contribution in [0.3, 0.4) is 0 Å². The predicted octanol–water partition coefficient (Wildman–Crippen LogP) is 1.52. The monoisotopic (exact) mass is 249 g/mol. The van der Waals surface area contributed by atoms with Crippen LogP contribution in [0, 0.1) is 5.92 Å². The Kier molecular flexibility index (Phi) is 4.19. The molecule has 4 nitrogen and oxygen atoms in total. The van der Waals surface area contributed by atoms with Crippen molar-refractivity contribution in [3.63, 3.8) is 0 Å². The van der Waals surface area contributed by atoms with E-state index in [0.717, 1.165) is 23.8 Å². The zero-order valence-corrected chi connectivity index (χ0v) is 11.5. The van der Waals surface area contributed by atoms with Crippen LogP contribution in [0.25, 0.3) is 0 Å². The highest BCUT2D eigenvalue weighted by molar-refractivity contribution is 5.38. The second kappa shape index (κ2) is 5.67. The number of anilines is 1. The molecule has 0 amide bonds. The third-order valence-corrected chi connectivity index (χ3v) is 3.67. The summed E-state index contributed by atoms with van der Waals surface area (Å²) in [4.78, 5) is 8.99. The summed E-state index contributed by atoms with van der Waals surface area (Å²) in [5, 5.41) is 9.45. The molecule has 2 atom stereocenters. The summed E-state index contributed by atoms with van der Waals surface area (Å²) in [5.41, 5.74) is 0.868. The Morgan fingerprint density at radius 1 is 1.56 bits per heavy atom. The zero-order chi connectivity index (χ0) is 13.1. The number of aliphatic hydroxyl groups is 1. The topological polar surface area (TPSA) is 39.6 Å². The normalized spacial score (nSPS) is 22.1. The van der Waals surface area contributed by atoms with Crippen molar-refractivity contribution < 1.29 is 5.11 Å². The van der Waals surface area contributed by atoms with Crippen LogP contribution in [0.4, 0.5) is 5.82 Å². The van der Waals surface area contributed by atoms with E-state index in [1.807, 2.05) is 12.1 Å². The minimum atomic E-state index is -0.444. The first kappa shape index (κ1) is 13.3. The number of rotatable bonds is 4. The van der Waals surface area contributed by atoms with Crippen molar-refractivity contribution in [3.8, 4) is 0 Å². The van der Waals surface area contributed by atoms with Crippen LogP contribution in [-0.2, 0) is 0 Å². The van der Waals surface area contributed by atoms with Gasteiger partial charge in [-0.1, -0.05) is 6.07 Å². The third-order valence-electron chi connectivity index (χ3n) is 3.67. The van der Waals surface area contributed by atoms with Crippen molar-refractivity contribution >= 4 is 5.82 Å². The van der Waals surface area contributed by atoms with Gasteiger partial charge in [0.05, 0.1) is 6.10 Å². The highest BCUT2D eigenvalue weighted by Gasteiger charge is 2.21. The Morgan fingerprint density at radius 2 is 2.33 bits per heavy atom. The van der Waals surface area contributed by atoms with E-state index >= 15 is 0 Å². The van der Waals surface area contributed by atoms with Gasteiger partial charge in [-0.3, -0.25) is 0 Å². The molecule has 1 fully saturated rings. The SMILES string of the molecule is C[C@@H](O)c1ccc(N(C)CC2CCN(C)C2)nc1.